The van der Waals surface area contributed by atoms with E-state index in [1.165, 1.54) is 10.7 Å². The van der Waals surface area contributed by atoms with Crippen LogP contribution in [0.4, 0.5) is 11.4 Å². The number of nitrogens with one attached hydrogen (secondary N) is 3. The Labute approximate surface area is 213 Å². The van der Waals surface area contributed by atoms with Gasteiger partial charge in [-0.3, -0.25) is 19.4 Å². The number of aromatic nitrogens is 2. The number of hydrogen-bond acceptors (Lipinski definition) is 4. The highest BCUT2D eigenvalue weighted by atomic mass is 16.2. The summed E-state index contributed by atoms with van der Waals surface area (Å²) in [5.41, 5.74) is 4.38. The number of benzene rings is 2. The van der Waals surface area contributed by atoms with E-state index >= 15 is 0 Å². The van der Waals surface area contributed by atoms with Gasteiger partial charge in [-0.2, -0.15) is 0 Å². The summed E-state index contributed by atoms with van der Waals surface area (Å²) < 4.78 is 1.40. The smallest absolute Gasteiger partial charge is 0.282 e. The van der Waals surface area contributed by atoms with Crippen molar-refractivity contribution in [3.63, 3.8) is 0 Å². The second kappa shape index (κ2) is 10.2. The third-order valence-electron chi connectivity index (χ3n) is 6.07. The summed E-state index contributed by atoms with van der Waals surface area (Å²) in [4.78, 5) is 41.2. The lowest BCUT2D eigenvalue weighted by Gasteiger charge is -2.21. The number of aromatic amines is 1. The quantitative estimate of drug-likeness (QED) is 0.340. The number of fused-ring (bicyclic) bond motifs is 1. The van der Waals surface area contributed by atoms with Crippen LogP contribution in [0.15, 0.2) is 96.1 Å². The van der Waals surface area contributed by atoms with Gasteiger partial charge in [0.25, 0.3) is 17.4 Å². The van der Waals surface area contributed by atoms with Crippen LogP contribution in [0.1, 0.15) is 27.2 Å². The number of para-hydroxylation sites is 1. The Balaban J connectivity index is 1.24. The van der Waals surface area contributed by atoms with Crippen LogP contribution in [-0.4, -0.2) is 35.1 Å². The normalized spacial score (nSPS) is 13.5. The SMILES string of the molecule is CN(c1ccccc1)n1cccc(C(=O)NC/C=C/c2ccc3c(c2)NC(=O)/C3=C/c2ccc[nH]2)c1=O. The van der Waals surface area contributed by atoms with Crippen molar-refractivity contribution in [3.8, 4) is 0 Å². The Morgan fingerprint density at radius 3 is 2.65 bits per heavy atom. The zero-order valence-corrected chi connectivity index (χ0v) is 20.1. The van der Waals surface area contributed by atoms with Gasteiger partial charge in [-0.15, -0.1) is 0 Å². The third-order valence-corrected chi connectivity index (χ3v) is 6.07. The van der Waals surface area contributed by atoms with Gasteiger partial charge >= 0.3 is 0 Å². The molecule has 2 aromatic carbocycles. The Kier molecular flexibility index (Phi) is 6.54. The van der Waals surface area contributed by atoms with E-state index < -0.39 is 11.5 Å². The summed E-state index contributed by atoms with van der Waals surface area (Å²) in [5.74, 6) is -0.602. The summed E-state index contributed by atoms with van der Waals surface area (Å²) in [6.45, 7) is 0.239. The molecule has 0 spiro atoms. The third kappa shape index (κ3) is 4.99. The van der Waals surface area contributed by atoms with E-state index in [2.05, 4.69) is 15.6 Å². The van der Waals surface area contributed by atoms with Crippen LogP contribution in [0.5, 0.6) is 0 Å². The number of rotatable bonds is 7. The minimum absolute atomic E-state index is 0.0558. The van der Waals surface area contributed by atoms with Gasteiger partial charge in [0.15, 0.2) is 0 Å². The fourth-order valence-corrected chi connectivity index (χ4v) is 4.15. The molecule has 1 aliphatic rings. The van der Waals surface area contributed by atoms with Crippen molar-refractivity contribution in [2.75, 3.05) is 23.9 Å². The van der Waals surface area contributed by atoms with Gasteiger partial charge in [0.1, 0.15) is 5.56 Å². The van der Waals surface area contributed by atoms with Crippen LogP contribution in [0.25, 0.3) is 17.7 Å². The van der Waals surface area contributed by atoms with E-state index in [0.29, 0.717) is 5.57 Å². The van der Waals surface area contributed by atoms with Gasteiger partial charge in [-0.1, -0.05) is 42.5 Å². The molecule has 0 saturated carbocycles. The maximum atomic E-state index is 12.9. The number of H-pyrrole nitrogens is 1. The van der Waals surface area contributed by atoms with Crippen molar-refractivity contribution in [2.45, 2.75) is 0 Å². The highest BCUT2D eigenvalue weighted by Gasteiger charge is 2.24. The summed E-state index contributed by atoms with van der Waals surface area (Å²) in [7, 11) is 1.76. The predicted molar refractivity (Wildman–Crippen MR) is 146 cm³/mol. The van der Waals surface area contributed by atoms with E-state index in [1.54, 1.807) is 30.4 Å². The lowest BCUT2D eigenvalue weighted by atomic mass is 10.0. The second-order valence-electron chi connectivity index (χ2n) is 8.49. The standard InChI is InChI=1S/C29H25N5O3/c1-33(22-10-3-2-4-11-22)34-17-7-12-24(29(34)37)27(35)31-16-5-8-20-13-14-23-25(19-21-9-6-15-30-21)28(36)32-26(23)18-20/h2-15,17-19,30H,16H2,1H3,(H,31,35)(H,32,36)/b8-5+,25-19+. The molecule has 4 aromatic rings. The minimum Gasteiger partial charge on any atom is -0.362 e. The molecule has 5 rings (SSSR count). The molecule has 0 aliphatic carbocycles. The fraction of sp³-hybridized carbons (Fsp3) is 0.0690. The molecule has 3 N–H and O–H groups in total. The maximum absolute atomic E-state index is 12.9. The molecule has 0 bridgehead atoms. The summed E-state index contributed by atoms with van der Waals surface area (Å²) in [6.07, 6.45) is 8.90. The molecular formula is C29H25N5O3. The molecule has 37 heavy (non-hydrogen) atoms. The average Bonchev–Trinajstić information content (AvgIpc) is 3.54. The van der Waals surface area contributed by atoms with Crippen molar-refractivity contribution in [2.24, 2.45) is 0 Å². The van der Waals surface area contributed by atoms with E-state index in [-0.39, 0.29) is 18.0 Å². The Morgan fingerprint density at radius 2 is 1.86 bits per heavy atom. The van der Waals surface area contributed by atoms with E-state index in [1.807, 2.05) is 79.0 Å². The highest BCUT2D eigenvalue weighted by molar-refractivity contribution is 6.34. The fourth-order valence-electron chi connectivity index (χ4n) is 4.15. The number of carbonyl (C=O) groups excluding carboxylic acids is 2. The predicted octanol–water partition coefficient (Wildman–Crippen LogP) is 4.01. The Hall–Kier alpha value is -5.11. The van der Waals surface area contributed by atoms with Crippen LogP contribution in [-0.2, 0) is 4.79 Å². The highest BCUT2D eigenvalue weighted by Crippen LogP contribution is 2.33. The Bertz CT molecular complexity index is 1570. The zero-order valence-electron chi connectivity index (χ0n) is 20.1. The second-order valence-corrected chi connectivity index (χ2v) is 8.49. The molecule has 2 amide bonds. The van der Waals surface area contributed by atoms with Crippen molar-refractivity contribution in [3.05, 3.63) is 124 Å². The van der Waals surface area contributed by atoms with E-state index in [4.69, 9.17) is 0 Å². The van der Waals surface area contributed by atoms with Gasteiger partial charge in [-0.05, 0) is 54.1 Å². The molecule has 1 aliphatic heterocycles. The van der Waals surface area contributed by atoms with Gasteiger partial charge < -0.3 is 15.6 Å². The van der Waals surface area contributed by atoms with Gasteiger partial charge in [0.2, 0.25) is 0 Å². The van der Waals surface area contributed by atoms with Crippen LogP contribution < -0.4 is 21.2 Å². The first-order valence-electron chi connectivity index (χ1n) is 11.8. The van der Waals surface area contributed by atoms with Gasteiger partial charge in [0.05, 0.1) is 11.3 Å². The first-order chi connectivity index (χ1) is 18.0. The van der Waals surface area contributed by atoms with Crippen molar-refractivity contribution < 1.29 is 9.59 Å². The first-order valence-corrected chi connectivity index (χ1v) is 11.8. The molecular weight excluding hydrogens is 466 g/mol. The molecule has 0 atom stereocenters. The van der Waals surface area contributed by atoms with Crippen molar-refractivity contribution in [1.82, 2.24) is 15.0 Å². The van der Waals surface area contributed by atoms with Crippen molar-refractivity contribution >= 4 is 40.9 Å². The molecule has 0 unspecified atom stereocenters. The lowest BCUT2D eigenvalue weighted by molar-refractivity contribution is -0.110. The molecule has 2 aromatic heterocycles. The summed E-state index contributed by atoms with van der Waals surface area (Å²) in [5, 5.41) is 7.35. The number of nitrogens with zero attached hydrogens (tertiary/aromatic N) is 2. The minimum atomic E-state index is -0.453. The number of carbonyl (C=O) groups is 2. The topological polar surface area (TPSA) is 99.2 Å². The Morgan fingerprint density at radius 1 is 1.03 bits per heavy atom. The number of amides is 2. The number of hydrogen-bond donors (Lipinski definition) is 3. The van der Waals surface area contributed by atoms with Gasteiger partial charge in [0, 0.05) is 42.9 Å². The maximum Gasteiger partial charge on any atom is 0.282 e. The van der Waals surface area contributed by atoms with Crippen LogP contribution >= 0.6 is 0 Å². The first kappa shape index (κ1) is 23.6. The molecule has 184 valence electrons. The number of pyridine rings is 1. The van der Waals surface area contributed by atoms with Crippen molar-refractivity contribution in [1.29, 1.82) is 0 Å². The molecule has 8 nitrogen and oxygen atoms in total. The summed E-state index contributed by atoms with van der Waals surface area (Å²) >= 11 is 0. The van der Waals surface area contributed by atoms with Crippen LogP contribution in [0.2, 0.25) is 0 Å². The zero-order chi connectivity index (χ0) is 25.8. The summed E-state index contributed by atoms with van der Waals surface area (Å²) in [6, 6.07) is 22.1. The van der Waals surface area contributed by atoms with E-state index in [0.717, 1.165) is 28.2 Å². The number of anilines is 2. The lowest BCUT2D eigenvalue weighted by Crippen LogP contribution is -2.39. The molecule has 0 fully saturated rings. The van der Waals surface area contributed by atoms with E-state index in [9.17, 15) is 14.4 Å². The monoisotopic (exact) mass is 491 g/mol. The average molecular weight is 492 g/mol. The largest absolute Gasteiger partial charge is 0.362 e. The molecule has 0 saturated heterocycles. The van der Waals surface area contributed by atoms with Crippen LogP contribution in [0, 0.1) is 0 Å². The molecule has 8 heteroatoms. The molecule has 0 radical (unpaired) electrons. The molecule has 3 heterocycles. The van der Waals surface area contributed by atoms with Gasteiger partial charge in [-0.25, -0.2) is 4.68 Å². The van der Waals surface area contributed by atoms with Crippen LogP contribution in [0.3, 0.4) is 0 Å².